The fourth-order valence-electron chi connectivity index (χ4n) is 3.13. The molecule has 1 aliphatic rings. The van der Waals surface area contributed by atoms with Crippen molar-refractivity contribution in [2.45, 2.75) is 12.8 Å². The van der Waals surface area contributed by atoms with E-state index in [-0.39, 0.29) is 5.91 Å². The lowest BCUT2D eigenvalue weighted by molar-refractivity contribution is 0.0950. The van der Waals surface area contributed by atoms with Crippen LogP contribution in [0.3, 0.4) is 0 Å². The first-order valence-electron chi connectivity index (χ1n) is 8.56. The molecule has 1 saturated heterocycles. The van der Waals surface area contributed by atoms with Gasteiger partial charge < -0.3 is 10.1 Å². The molecule has 0 aliphatic carbocycles. The van der Waals surface area contributed by atoms with E-state index in [0.717, 1.165) is 42.8 Å². The van der Waals surface area contributed by atoms with Crippen LogP contribution in [0.1, 0.15) is 23.2 Å². The van der Waals surface area contributed by atoms with Gasteiger partial charge in [0, 0.05) is 43.3 Å². The number of carbonyl (C=O) groups excluding carboxylic acids is 1. The van der Waals surface area contributed by atoms with Crippen molar-refractivity contribution in [1.82, 2.24) is 19.9 Å². The van der Waals surface area contributed by atoms with E-state index < -0.39 is 0 Å². The van der Waals surface area contributed by atoms with Gasteiger partial charge in [-0.15, -0.1) is 0 Å². The van der Waals surface area contributed by atoms with Crippen molar-refractivity contribution in [3.8, 4) is 11.1 Å². The molecule has 128 valence electrons. The first-order chi connectivity index (χ1) is 12.3. The van der Waals surface area contributed by atoms with E-state index in [1.165, 1.54) is 0 Å². The van der Waals surface area contributed by atoms with Crippen molar-refractivity contribution in [3.63, 3.8) is 0 Å². The molecule has 0 unspecified atom stereocenters. The molecule has 1 fully saturated rings. The summed E-state index contributed by atoms with van der Waals surface area (Å²) in [5, 5.41) is 7.28. The first kappa shape index (κ1) is 15.8. The standard InChI is InChI=1S/C19H20N4O2/c24-19(21-9-6-14-7-11-25-13-14)16-4-2-15(3-5-16)17-12-22-23-10-1-8-20-18(17)23/h1-5,8,10,12,14H,6-7,9,11,13H2,(H,21,24)/t14-/m0/s1. The molecule has 2 aromatic heterocycles. The summed E-state index contributed by atoms with van der Waals surface area (Å²) in [6, 6.07) is 9.40. The minimum Gasteiger partial charge on any atom is -0.381 e. The smallest absolute Gasteiger partial charge is 0.251 e. The summed E-state index contributed by atoms with van der Waals surface area (Å²) in [6.45, 7) is 2.35. The lowest BCUT2D eigenvalue weighted by atomic mass is 10.0. The summed E-state index contributed by atoms with van der Waals surface area (Å²) in [5.41, 5.74) is 3.41. The summed E-state index contributed by atoms with van der Waals surface area (Å²) in [5.74, 6) is 0.536. The zero-order valence-electron chi connectivity index (χ0n) is 13.9. The number of hydrogen-bond donors (Lipinski definition) is 1. The molecule has 6 nitrogen and oxygen atoms in total. The van der Waals surface area contributed by atoms with Gasteiger partial charge >= 0.3 is 0 Å². The van der Waals surface area contributed by atoms with Crippen LogP contribution < -0.4 is 5.32 Å². The van der Waals surface area contributed by atoms with Crippen molar-refractivity contribution in [2.75, 3.05) is 19.8 Å². The minimum atomic E-state index is -0.0385. The van der Waals surface area contributed by atoms with Crippen LogP contribution in [0.2, 0.25) is 0 Å². The van der Waals surface area contributed by atoms with Crippen LogP contribution in [0.15, 0.2) is 48.9 Å². The number of nitrogens with zero attached hydrogens (tertiary/aromatic N) is 3. The highest BCUT2D eigenvalue weighted by atomic mass is 16.5. The molecular formula is C19H20N4O2. The second-order valence-electron chi connectivity index (χ2n) is 6.30. The van der Waals surface area contributed by atoms with Crippen molar-refractivity contribution in [3.05, 3.63) is 54.5 Å². The van der Waals surface area contributed by atoms with Crippen LogP contribution in [0, 0.1) is 5.92 Å². The lowest BCUT2D eigenvalue weighted by Crippen LogP contribution is -2.26. The third kappa shape index (κ3) is 3.39. The van der Waals surface area contributed by atoms with Gasteiger partial charge in [-0.2, -0.15) is 5.10 Å². The van der Waals surface area contributed by atoms with E-state index in [0.29, 0.717) is 18.0 Å². The number of aromatic nitrogens is 3. The van der Waals surface area contributed by atoms with E-state index in [1.807, 2.05) is 36.5 Å². The fourth-order valence-corrected chi connectivity index (χ4v) is 3.13. The van der Waals surface area contributed by atoms with E-state index in [4.69, 9.17) is 4.74 Å². The first-order valence-corrected chi connectivity index (χ1v) is 8.56. The second kappa shape index (κ2) is 7.03. The van der Waals surface area contributed by atoms with Gasteiger partial charge in [-0.3, -0.25) is 4.79 Å². The maximum atomic E-state index is 12.3. The lowest BCUT2D eigenvalue weighted by Gasteiger charge is -2.09. The van der Waals surface area contributed by atoms with Gasteiger partial charge in [0.25, 0.3) is 5.91 Å². The molecule has 1 atom stereocenters. The number of rotatable bonds is 5. The van der Waals surface area contributed by atoms with E-state index in [2.05, 4.69) is 15.4 Å². The van der Waals surface area contributed by atoms with Gasteiger partial charge in [0.2, 0.25) is 0 Å². The van der Waals surface area contributed by atoms with Gasteiger partial charge in [-0.25, -0.2) is 9.50 Å². The van der Waals surface area contributed by atoms with E-state index in [9.17, 15) is 4.79 Å². The highest BCUT2D eigenvalue weighted by molar-refractivity contribution is 5.94. The summed E-state index contributed by atoms with van der Waals surface area (Å²) in [7, 11) is 0. The summed E-state index contributed by atoms with van der Waals surface area (Å²) < 4.78 is 7.09. The van der Waals surface area contributed by atoms with Gasteiger partial charge in [-0.05, 0) is 42.5 Å². The molecule has 0 bridgehead atoms. The fraction of sp³-hybridized carbons (Fsp3) is 0.316. The zero-order valence-corrected chi connectivity index (χ0v) is 13.9. The third-order valence-corrected chi connectivity index (χ3v) is 4.60. The monoisotopic (exact) mass is 336 g/mol. The Balaban J connectivity index is 1.41. The molecule has 3 aromatic rings. The highest BCUT2D eigenvalue weighted by Crippen LogP contribution is 2.23. The van der Waals surface area contributed by atoms with Crippen molar-refractivity contribution in [1.29, 1.82) is 0 Å². The van der Waals surface area contributed by atoms with Gasteiger partial charge in [0.05, 0.1) is 6.20 Å². The summed E-state index contributed by atoms with van der Waals surface area (Å²) in [6.07, 6.45) is 7.47. The van der Waals surface area contributed by atoms with E-state index >= 15 is 0 Å². The molecular weight excluding hydrogens is 316 g/mol. The number of hydrogen-bond acceptors (Lipinski definition) is 4. The Morgan fingerprint density at radius 1 is 1.32 bits per heavy atom. The molecule has 0 spiro atoms. The molecule has 3 heterocycles. The summed E-state index contributed by atoms with van der Waals surface area (Å²) in [4.78, 5) is 16.6. The Morgan fingerprint density at radius 2 is 2.20 bits per heavy atom. The molecule has 6 heteroatoms. The Bertz CT molecular complexity index is 867. The zero-order chi connectivity index (χ0) is 17.1. The molecule has 4 rings (SSSR count). The second-order valence-corrected chi connectivity index (χ2v) is 6.30. The van der Waals surface area contributed by atoms with Crippen LogP contribution in [0.5, 0.6) is 0 Å². The molecule has 25 heavy (non-hydrogen) atoms. The van der Waals surface area contributed by atoms with Crippen LogP contribution in [-0.4, -0.2) is 40.3 Å². The number of fused-ring (bicyclic) bond motifs is 1. The predicted octanol–water partition coefficient (Wildman–Crippen LogP) is 2.55. The van der Waals surface area contributed by atoms with Crippen LogP contribution in [-0.2, 0) is 4.74 Å². The van der Waals surface area contributed by atoms with Crippen molar-refractivity contribution in [2.24, 2.45) is 5.92 Å². The molecule has 1 N–H and O–H groups in total. The van der Waals surface area contributed by atoms with Gasteiger partial charge in [0.15, 0.2) is 5.65 Å². The van der Waals surface area contributed by atoms with Crippen LogP contribution in [0.4, 0.5) is 0 Å². The number of amides is 1. The van der Waals surface area contributed by atoms with E-state index in [1.54, 1.807) is 16.9 Å². The molecule has 1 aromatic carbocycles. The number of carbonyl (C=O) groups is 1. The largest absolute Gasteiger partial charge is 0.381 e. The SMILES string of the molecule is O=C(NCC[C@H]1CCOC1)c1ccc(-c2cnn3cccnc23)cc1. The minimum absolute atomic E-state index is 0.0385. The molecule has 1 aliphatic heterocycles. The molecule has 1 amide bonds. The van der Waals surface area contributed by atoms with Crippen LogP contribution in [0.25, 0.3) is 16.8 Å². The molecule has 0 radical (unpaired) electrons. The Morgan fingerprint density at radius 3 is 3.00 bits per heavy atom. The average Bonchev–Trinajstić information content (AvgIpc) is 3.31. The summed E-state index contributed by atoms with van der Waals surface area (Å²) >= 11 is 0. The average molecular weight is 336 g/mol. The normalized spacial score (nSPS) is 17.0. The quantitative estimate of drug-likeness (QED) is 0.777. The number of nitrogens with one attached hydrogen (secondary N) is 1. The third-order valence-electron chi connectivity index (χ3n) is 4.60. The Kier molecular flexibility index (Phi) is 4.43. The predicted molar refractivity (Wildman–Crippen MR) is 94.3 cm³/mol. The number of ether oxygens (including phenoxy) is 1. The Hall–Kier alpha value is -2.73. The van der Waals surface area contributed by atoms with Crippen molar-refractivity contribution >= 4 is 11.6 Å². The highest BCUT2D eigenvalue weighted by Gasteiger charge is 2.15. The number of benzene rings is 1. The van der Waals surface area contributed by atoms with Gasteiger partial charge in [0.1, 0.15) is 0 Å². The maximum absolute atomic E-state index is 12.3. The van der Waals surface area contributed by atoms with Crippen LogP contribution >= 0.6 is 0 Å². The topological polar surface area (TPSA) is 68.5 Å². The van der Waals surface area contributed by atoms with Gasteiger partial charge in [-0.1, -0.05) is 12.1 Å². The Labute approximate surface area is 145 Å². The van der Waals surface area contributed by atoms with Crippen molar-refractivity contribution < 1.29 is 9.53 Å². The maximum Gasteiger partial charge on any atom is 0.251 e. The molecule has 0 saturated carbocycles.